The van der Waals surface area contributed by atoms with Crippen molar-refractivity contribution in [2.24, 2.45) is 0 Å². The predicted molar refractivity (Wildman–Crippen MR) is 59.0 cm³/mol. The van der Waals surface area contributed by atoms with Crippen LogP contribution in [0.2, 0.25) is 5.15 Å². The highest BCUT2D eigenvalue weighted by Crippen LogP contribution is 2.33. The molecule has 2 aromatic heterocycles. The zero-order valence-electron chi connectivity index (χ0n) is 9.53. The lowest BCUT2D eigenvalue weighted by Crippen LogP contribution is -2.16. The standard InChI is InChI=1S/C10H7ClF3N3O2/c1-2-19-9(18)5-6(10(12,13)14)16-8-7(11)15-3-4-17(5)8/h3-4H,2H2,1H3. The van der Waals surface area contributed by atoms with Gasteiger partial charge in [-0.3, -0.25) is 4.40 Å². The molecule has 0 N–H and O–H groups in total. The molecule has 0 aromatic carbocycles. The van der Waals surface area contributed by atoms with Crippen LogP contribution >= 0.6 is 11.6 Å². The summed E-state index contributed by atoms with van der Waals surface area (Å²) in [5.74, 6) is -1.12. The van der Waals surface area contributed by atoms with Crippen LogP contribution in [0.1, 0.15) is 23.1 Å². The number of rotatable bonds is 2. The second-order valence-corrected chi connectivity index (χ2v) is 3.80. The van der Waals surface area contributed by atoms with Crippen LogP contribution in [-0.2, 0) is 10.9 Å². The van der Waals surface area contributed by atoms with Crippen molar-refractivity contribution in [3.05, 3.63) is 28.9 Å². The fourth-order valence-corrected chi connectivity index (χ4v) is 1.73. The predicted octanol–water partition coefficient (Wildman–Crippen LogP) is 2.58. The van der Waals surface area contributed by atoms with E-state index >= 15 is 0 Å². The number of nitrogens with zero attached hydrogens (tertiary/aromatic N) is 3. The third kappa shape index (κ3) is 2.35. The first-order chi connectivity index (χ1) is 8.86. The van der Waals surface area contributed by atoms with Gasteiger partial charge in [0.1, 0.15) is 0 Å². The van der Waals surface area contributed by atoms with Gasteiger partial charge in [-0.15, -0.1) is 0 Å². The van der Waals surface area contributed by atoms with Crippen LogP contribution in [0.15, 0.2) is 12.4 Å². The molecule has 0 unspecified atom stereocenters. The Morgan fingerprint density at radius 1 is 1.53 bits per heavy atom. The monoisotopic (exact) mass is 293 g/mol. The Kier molecular flexibility index (Phi) is 3.36. The van der Waals surface area contributed by atoms with Gasteiger partial charge < -0.3 is 4.74 Å². The van der Waals surface area contributed by atoms with Crippen molar-refractivity contribution in [1.29, 1.82) is 0 Å². The fourth-order valence-electron chi connectivity index (χ4n) is 1.54. The Hall–Kier alpha value is -1.83. The number of imidazole rings is 1. The molecule has 0 bridgehead atoms. The SMILES string of the molecule is CCOC(=O)c1c(C(F)(F)F)nc2c(Cl)nccn12. The summed E-state index contributed by atoms with van der Waals surface area (Å²) in [6.45, 7) is 1.44. The quantitative estimate of drug-likeness (QED) is 0.799. The van der Waals surface area contributed by atoms with Crippen molar-refractivity contribution >= 4 is 23.2 Å². The summed E-state index contributed by atoms with van der Waals surface area (Å²) in [6, 6.07) is 0. The maximum absolute atomic E-state index is 12.9. The van der Waals surface area contributed by atoms with Gasteiger partial charge in [-0.1, -0.05) is 11.6 Å². The van der Waals surface area contributed by atoms with Gasteiger partial charge in [0.15, 0.2) is 22.2 Å². The third-order valence-electron chi connectivity index (χ3n) is 2.24. The number of alkyl halides is 3. The maximum atomic E-state index is 12.9. The minimum Gasteiger partial charge on any atom is -0.461 e. The number of carbonyl (C=O) groups excluding carboxylic acids is 1. The van der Waals surface area contributed by atoms with E-state index in [-0.39, 0.29) is 17.4 Å². The molecule has 9 heteroatoms. The summed E-state index contributed by atoms with van der Waals surface area (Å²) in [5.41, 5.74) is -2.31. The van der Waals surface area contributed by atoms with Gasteiger partial charge in [0.2, 0.25) is 0 Å². The Morgan fingerprint density at radius 3 is 2.79 bits per heavy atom. The number of halogens is 4. The number of ether oxygens (including phenoxy) is 1. The Bertz CT molecular complexity index is 639. The summed E-state index contributed by atoms with van der Waals surface area (Å²) < 4.78 is 44.1. The first-order valence-electron chi connectivity index (χ1n) is 5.13. The Labute approximate surface area is 110 Å². The molecule has 0 fully saturated rings. The largest absolute Gasteiger partial charge is 0.461 e. The van der Waals surface area contributed by atoms with E-state index in [1.165, 1.54) is 13.1 Å². The average molecular weight is 294 g/mol. The van der Waals surface area contributed by atoms with E-state index < -0.39 is 23.5 Å². The molecule has 2 heterocycles. The van der Waals surface area contributed by atoms with Gasteiger partial charge in [0, 0.05) is 12.4 Å². The molecule has 0 saturated heterocycles. The van der Waals surface area contributed by atoms with E-state index in [0.717, 1.165) is 10.6 Å². The molecule has 2 rings (SSSR count). The van der Waals surface area contributed by atoms with Crippen LogP contribution in [0.25, 0.3) is 5.65 Å². The fraction of sp³-hybridized carbons (Fsp3) is 0.300. The Morgan fingerprint density at radius 2 is 2.21 bits per heavy atom. The normalized spacial score (nSPS) is 11.8. The summed E-state index contributed by atoms with van der Waals surface area (Å²) in [6.07, 6.45) is -2.47. The highest BCUT2D eigenvalue weighted by Gasteiger charge is 2.41. The molecule has 0 aliphatic heterocycles. The number of aromatic nitrogens is 3. The molecule has 2 aromatic rings. The number of hydrogen-bond acceptors (Lipinski definition) is 4. The molecule has 0 amide bonds. The van der Waals surface area contributed by atoms with Gasteiger partial charge in [-0.25, -0.2) is 14.8 Å². The summed E-state index contributed by atoms with van der Waals surface area (Å²) in [7, 11) is 0. The van der Waals surface area contributed by atoms with Crippen molar-refractivity contribution in [2.75, 3.05) is 6.61 Å². The minimum atomic E-state index is -4.79. The van der Waals surface area contributed by atoms with Crippen LogP contribution in [0.4, 0.5) is 13.2 Å². The van der Waals surface area contributed by atoms with Crippen molar-refractivity contribution < 1.29 is 22.7 Å². The zero-order valence-corrected chi connectivity index (χ0v) is 10.3. The van der Waals surface area contributed by atoms with Gasteiger partial charge in [0.25, 0.3) is 0 Å². The van der Waals surface area contributed by atoms with E-state index in [1.54, 1.807) is 0 Å². The topological polar surface area (TPSA) is 56.5 Å². The van der Waals surface area contributed by atoms with Crippen LogP contribution in [-0.4, -0.2) is 26.9 Å². The van der Waals surface area contributed by atoms with Crippen molar-refractivity contribution in [3.63, 3.8) is 0 Å². The van der Waals surface area contributed by atoms with Gasteiger partial charge >= 0.3 is 12.1 Å². The molecule has 0 spiro atoms. The van der Waals surface area contributed by atoms with Crippen LogP contribution in [0.3, 0.4) is 0 Å². The van der Waals surface area contributed by atoms with Crippen LogP contribution < -0.4 is 0 Å². The van der Waals surface area contributed by atoms with Crippen molar-refractivity contribution in [3.8, 4) is 0 Å². The zero-order chi connectivity index (χ0) is 14.2. The van der Waals surface area contributed by atoms with Crippen molar-refractivity contribution in [2.45, 2.75) is 13.1 Å². The Balaban J connectivity index is 2.76. The second kappa shape index (κ2) is 4.69. The second-order valence-electron chi connectivity index (χ2n) is 3.44. The van der Waals surface area contributed by atoms with E-state index in [2.05, 4.69) is 14.7 Å². The van der Waals surface area contributed by atoms with Gasteiger partial charge in [0.05, 0.1) is 6.61 Å². The lowest BCUT2D eigenvalue weighted by Gasteiger charge is -2.06. The molecule has 0 atom stereocenters. The van der Waals surface area contributed by atoms with Crippen LogP contribution in [0.5, 0.6) is 0 Å². The number of fused-ring (bicyclic) bond motifs is 1. The van der Waals surface area contributed by atoms with Crippen molar-refractivity contribution in [1.82, 2.24) is 14.4 Å². The highest BCUT2D eigenvalue weighted by atomic mass is 35.5. The van der Waals surface area contributed by atoms with E-state index in [0.29, 0.717) is 0 Å². The number of carbonyl (C=O) groups is 1. The molecule has 0 radical (unpaired) electrons. The molecule has 19 heavy (non-hydrogen) atoms. The number of esters is 1. The molecular formula is C10H7ClF3N3O2. The molecule has 0 aliphatic rings. The molecule has 5 nitrogen and oxygen atoms in total. The lowest BCUT2D eigenvalue weighted by molar-refractivity contribution is -0.141. The summed E-state index contributed by atoms with van der Waals surface area (Å²) in [5, 5.41) is -0.233. The van der Waals surface area contributed by atoms with Crippen LogP contribution in [0, 0.1) is 0 Å². The first kappa shape index (κ1) is 13.6. The smallest absolute Gasteiger partial charge is 0.435 e. The van der Waals surface area contributed by atoms with Gasteiger partial charge in [-0.2, -0.15) is 13.2 Å². The minimum absolute atomic E-state index is 0.0534. The summed E-state index contributed by atoms with van der Waals surface area (Å²) in [4.78, 5) is 18.6. The molecular weight excluding hydrogens is 287 g/mol. The highest BCUT2D eigenvalue weighted by molar-refractivity contribution is 6.32. The van der Waals surface area contributed by atoms with E-state index in [1.807, 2.05) is 0 Å². The van der Waals surface area contributed by atoms with E-state index in [9.17, 15) is 18.0 Å². The molecule has 0 aliphatic carbocycles. The molecule has 0 saturated carbocycles. The lowest BCUT2D eigenvalue weighted by atomic mass is 10.3. The first-order valence-corrected chi connectivity index (χ1v) is 5.51. The average Bonchev–Trinajstić information content (AvgIpc) is 2.70. The maximum Gasteiger partial charge on any atom is 0.435 e. The summed E-state index contributed by atoms with van der Waals surface area (Å²) >= 11 is 5.66. The van der Waals surface area contributed by atoms with Gasteiger partial charge in [-0.05, 0) is 6.92 Å². The van der Waals surface area contributed by atoms with E-state index in [4.69, 9.17) is 11.6 Å². The third-order valence-corrected chi connectivity index (χ3v) is 2.50. The molecule has 102 valence electrons. The number of hydrogen-bond donors (Lipinski definition) is 0.